The predicted molar refractivity (Wildman–Crippen MR) is 155 cm³/mol. The molecule has 0 aromatic heterocycles. The number of allylic oxidation sites excluding steroid dienone is 1. The number of fused-ring (bicyclic) bond motifs is 1. The number of aliphatic imine (C=N–C) groups is 1. The van der Waals surface area contributed by atoms with E-state index in [1.807, 2.05) is 92.7 Å². The largest absolute Gasteiger partial charge is 0.494 e. The SMILES string of the molecule is CCOc1ccccc1C1C(C(=O)OCCOc2ccccc2)=C(C)N=C2CC(c3ccc(Cl)cc3)CC(=O)C21. The summed E-state index contributed by atoms with van der Waals surface area (Å²) in [5.41, 5.74) is 3.57. The first-order valence-electron chi connectivity index (χ1n) is 13.6. The average Bonchev–Trinajstić information content (AvgIpc) is 2.96. The number of para-hydroxylation sites is 2. The van der Waals surface area contributed by atoms with Gasteiger partial charge in [-0.25, -0.2) is 4.79 Å². The highest BCUT2D eigenvalue weighted by molar-refractivity contribution is 6.30. The van der Waals surface area contributed by atoms with Crippen LogP contribution in [0, 0.1) is 5.92 Å². The van der Waals surface area contributed by atoms with Crippen molar-refractivity contribution in [3.8, 4) is 11.5 Å². The fourth-order valence-corrected chi connectivity index (χ4v) is 5.79. The van der Waals surface area contributed by atoms with E-state index in [9.17, 15) is 9.59 Å². The second kappa shape index (κ2) is 12.5. The normalized spacial score (nSPS) is 20.4. The minimum Gasteiger partial charge on any atom is -0.494 e. The number of carbonyl (C=O) groups is 2. The molecule has 0 amide bonds. The van der Waals surface area contributed by atoms with E-state index in [-0.39, 0.29) is 24.9 Å². The van der Waals surface area contributed by atoms with Gasteiger partial charge in [-0.05, 0) is 62.1 Å². The van der Waals surface area contributed by atoms with Gasteiger partial charge >= 0.3 is 5.97 Å². The second-order valence-electron chi connectivity index (χ2n) is 9.95. The molecule has 3 unspecified atom stereocenters. The van der Waals surface area contributed by atoms with E-state index in [1.165, 1.54) is 0 Å². The zero-order valence-electron chi connectivity index (χ0n) is 22.6. The molecule has 3 aromatic rings. The first-order chi connectivity index (χ1) is 19.5. The fraction of sp³-hybridized carbons (Fsp3) is 0.303. The summed E-state index contributed by atoms with van der Waals surface area (Å²) in [4.78, 5) is 32.3. The van der Waals surface area contributed by atoms with E-state index >= 15 is 0 Å². The Hall–Kier alpha value is -3.90. The third-order valence-corrected chi connectivity index (χ3v) is 7.65. The number of hydrogen-bond acceptors (Lipinski definition) is 6. The van der Waals surface area contributed by atoms with Crippen LogP contribution in [-0.2, 0) is 14.3 Å². The standard InChI is InChI=1S/C33H32ClNO5/c1-3-38-29-12-8-7-11-26(29)31-30(33(37)40-18-17-39-25-9-5-4-6-10-25)21(2)35-27-19-23(20-28(36)32(27)31)22-13-15-24(34)16-14-22/h4-16,23,31-32H,3,17-20H2,1-2H3. The quantitative estimate of drug-likeness (QED) is 0.210. The van der Waals surface area contributed by atoms with Crippen LogP contribution < -0.4 is 9.47 Å². The van der Waals surface area contributed by atoms with Crippen LogP contribution in [0.4, 0.5) is 0 Å². The monoisotopic (exact) mass is 557 g/mol. The van der Waals surface area contributed by atoms with Gasteiger partial charge in [-0.15, -0.1) is 0 Å². The van der Waals surface area contributed by atoms with Crippen LogP contribution in [0.5, 0.6) is 11.5 Å². The van der Waals surface area contributed by atoms with Crippen molar-refractivity contribution in [1.82, 2.24) is 0 Å². The Morgan fingerprint density at radius 2 is 1.62 bits per heavy atom. The Morgan fingerprint density at radius 3 is 2.38 bits per heavy atom. The maximum absolute atomic E-state index is 13.9. The fourth-order valence-electron chi connectivity index (χ4n) is 5.66. The number of carbonyl (C=O) groups excluding carboxylic acids is 2. The van der Waals surface area contributed by atoms with Gasteiger partial charge in [-0.2, -0.15) is 0 Å². The van der Waals surface area contributed by atoms with Crippen molar-refractivity contribution < 1.29 is 23.8 Å². The Bertz CT molecular complexity index is 1430. The molecule has 3 atom stereocenters. The van der Waals surface area contributed by atoms with Gasteiger partial charge in [0, 0.05) is 34.3 Å². The highest BCUT2D eigenvalue weighted by Crippen LogP contribution is 2.48. The summed E-state index contributed by atoms with van der Waals surface area (Å²) in [5.74, 6) is -0.235. The molecule has 7 heteroatoms. The lowest BCUT2D eigenvalue weighted by Crippen LogP contribution is -2.41. The number of ketones is 1. The Labute approximate surface area is 239 Å². The first-order valence-corrected chi connectivity index (χ1v) is 14.0. The van der Waals surface area contributed by atoms with Crippen LogP contribution >= 0.6 is 11.6 Å². The molecule has 0 N–H and O–H groups in total. The molecule has 1 saturated carbocycles. The topological polar surface area (TPSA) is 74.2 Å². The second-order valence-corrected chi connectivity index (χ2v) is 10.4. The van der Waals surface area contributed by atoms with Gasteiger partial charge in [0.25, 0.3) is 0 Å². The zero-order chi connectivity index (χ0) is 28.1. The molecule has 0 spiro atoms. The van der Waals surface area contributed by atoms with Crippen LogP contribution in [0.1, 0.15) is 49.7 Å². The molecular formula is C33H32ClNO5. The molecule has 0 bridgehead atoms. The van der Waals surface area contributed by atoms with Crippen LogP contribution in [0.2, 0.25) is 5.02 Å². The summed E-state index contributed by atoms with van der Waals surface area (Å²) in [6.07, 6.45) is 0.973. The van der Waals surface area contributed by atoms with E-state index in [0.717, 1.165) is 16.8 Å². The van der Waals surface area contributed by atoms with Crippen molar-refractivity contribution in [2.45, 2.75) is 38.5 Å². The third-order valence-electron chi connectivity index (χ3n) is 7.40. The molecule has 5 rings (SSSR count). The first kappa shape index (κ1) is 27.7. The number of hydrogen-bond donors (Lipinski definition) is 0. The van der Waals surface area contributed by atoms with Crippen molar-refractivity contribution in [1.29, 1.82) is 0 Å². The molecule has 6 nitrogen and oxygen atoms in total. The van der Waals surface area contributed by atoms with Crippen molar-refractivity contribution in [3.63, 3.8) is 0 Å². The summed E-state index contributed by atoms with van der Waals surface area (Å²) < 4.78 is 17.3. The van der Waals surface area contributed by atoms with Gasteiger partial charge in [0.1, 0.15) is 30.5 Å². The van der Waals surface area contributed by atoms with Crippen LogP contribution in [0.25, 0.3) is 0 Å². The van der Waals surface area contributed by atoms with Crippen molar-refractivity contribution in [2.24, 2.45) is 10.9 Å². The highest BCUT2D eigenvalue weighted by Gasteiger charge is 2.47. The number of rotatable bonds is 9. The lowest BCUT2D eigenvalue weighted by molar-refractivity contribution is -0.140. The van der Waals surface area contributed by atoms with E-state index in [2.05, 4.69) is 0 Å². The van der Waals surface area contributed by atoms with Crippen LogP contribution in [-0.4, -0.2) is 37.3 Å². The van der Waals surface area contributed by atoms with E-state index in [1.54, 1.807) is 0 Å². The lowest BCUT2D eigenvalue weighted by atomic mass is 9.66. The Balaban J connectivity index is 1.46. The molecule has 40 heavy (non-hydrogen) atoms. The van der Waals surface area contributed by atoms with E-state index < -0.39 is 17.8 Å². The molecule has 0 saturated heterocycles. The number of esters is 1. The lowest BCUT2D eigenvalue weighted by Gasteiger charge is -2.38. The number of Topliss-reactive ketones (excluding diaryl/α,β-unsaturated/α-hetero) is 1. The van der Waals surface area contributed by atoms with Gasteiger partial charge < -0.3 is 14.2 Å². The van der Waals surface area contributed by atoms with Gasteiger partial charge in [0.05, 0.1) is 18.1 Å². The molecule has 1 aliphatic carbocycles. The molecule has 206 valence electrons. The summed E-state index contributed by atoms with van der Waals surface area (Å²) in [6.45, 7) is 4.46. The Kier molecular flexibility index (Phi) is 8.66. The molecule has 3 aromatic carbocycles. The predicted octanol–water partition coefficient (Wildman–Crippen LogP) is 6.94. The summed E-state index contributed by atoms with van der Waals surface area (Å²) >= 11 is 6.10. The van der Waals surface area contributed by atoms with Crippen molar-refractivity contribution >= 4 is 29.1 Å². The molecule has 1 aliphatic heterocycles. The van der Waals surface area contributed by atoms with Crippen molar-refractivity contribution in [2.75, 3.05) is 19.8 Å². The maximum atomic E-state index is 13.9. The third kappa shape index (κ3) is 5.97. The number of benzene rings is 3. The molecule has 1 heterocycles. The number of halogens is 1. The zero-order valence-corrected chi connectivity index (χ0v) is 23.4. The summed E-state index contributed by atoms with van der Waals surface area (Å²) in [7, 11) is 0. The summed E-state index contributed by atoms with van der Waals surface area (Å²) in [6, 6.07) is 24.6. The molecule has 0 radical (unpaired) electrons. The average molecular weight is 558 g/mol. The van der Waals surface area contributed by atoms with Gasteiger partial charge in [0.2, 0.25) is 0 Å². The summed E-state index contributed by atoms with van der Waals surface area (Å²) in [5, 5.41) is 0.655. The van der Waals surface area contributed by atoms with Gasteiger partial charge in [-0.1, -0.05) is 60.1 Å². The highest BCUT2D eigenvalue weighted by atomic mass is 35.5. The number of ether oxygens (including phenoxy) is 3. The van der Waals surface area contributed by atoms with E-state index in [0.29, 0.717) is 47.2 Å². The van der Waals surface area contributed by atoms with Crippen LogP contribution in [0.3, 0.4) is 0 Å². The molecular weight excluding hydrogens is 526 g/mol. The van der Waals surface area contributed by atoms with Gasteiger partial charge in [0.15, 0.2) is 0 Å². The maximum Gasteiger partial charge on any atom is 0.336 e. The van der Waals surface area contributed by atoms with Gasteiger partial charge in [-0.3, -0.25) is 9.79 Å². The minimum absolute atomic E-state index is 0.000936. The minimum atomic E-state index is -0.572. The number of nitrogens with zero attached hydrogens (tertiary/aromatic N) is 1. The smallest absolute Gasteiger partial charge is 0.336 e. The molecule has 2 aliphatic rings. The Morgan fingerprint density at radius 1 is 0.900 bits per heavy atom. The molecule has 1 fully saturated rings. The van der Waals surface area contributed by atoms with Crippen molar-refractivity contribution in [3.05, 3.63) is 106 Å². The van der Waals surface area contributed by atoms with Crippen LogP contribution in [0.15, 0.2) is 95.1 Å². The van der Waals surface area contributed by atoms with E-state index in [4.69, 9.17) is 30.8 Å².